The van der Waals surface area contributed by atoms with E-state index in [0.717, 1.165) is 54.7 Å². The number of allylic oxidation sites excluding steroid dienone is 2. The van der Waals surface area contributed by atoms with E-state index in [4.69, 9.17) is 17.3 Å². The fourth-order valence-corrected chi connectivity index (χ4v) is 6.38. The minimum atomic E-state index is -0.355. The Labute approximate surface area is 205 Å². The molecule has 1 unspecified atom stereocenters. The Morgan fingerprint density at radius 2 is 1.78 bits per heavy atom. The fourth-order valence-electron chi connectivity index (χ4n) is 5.24. The van der Waals surface area contributed by atoms with Crippen molar-refractivity contribution < 1.29 is 9.59 Å². The molecule has 3 amide bonds. The van der Waals surface area contributed by atoms with E-state index in [0.29, 0.717) is 37.3 Å². The number of primary amides is 1. The van der Waals surface area contributed by atoms with E-state index in [9.17, 15) is 9.59 Å². The molecular weight excluding hydrogens is 490 g/mol. The number of amides is 3. The first kappa shape index (κ1) is 25.1. The summed E-state index contributed by atoms with van der Waals surface area (Å²) in [7, 11) is 0. The second kappa shape index (κ2) is 11.6. The number of hydrogen-bond acceptors (Lipinski definition) is 2. The van der Waals surface area contributed by atoms with Gasteiger partial charge < -0.3 is 15.5 Å². The molecule has 2 N–H and O–H groups in total. The van der Waals surface area contributed by atoms with Crippen LogP contribution in [0.2, 0.25) is 5.02 Å². The zero-order chi connectivity index (χ0) is 23.3. The average Bonchev–Trinajstić information content (AvgIpc) is 2.78. The number of piperidine rings is 2. The molecule has 0 aliphatic carbocycles. The van der Waals surface area contributed by atoms with Crippen molar-refractivity contribution in [2.24, 2.45) is 17.6 Å². The Bertz CT molecular complexity index is 844. The average molecular weight is 525 g/mol. The molecule has 2 fully saturated rings. The van der Waals surface area contributed by atoms with Crippen LogP contribution in [-0.4, -0.2) is 47.9 Å². The van der Waals surface area contributed by atoms with Gasteiger partial charge >= 0.3 is 6.03 Å². The zero-order valence-electron chi connectivity index (χ0n) is 19.2. The lowest BCUT2D eigenvalue weighted by Gasteiger charge is -2.37. The Hall–Kier alpha value is -1.53. The molecule has 176 valence electrons. The van der Waals surface area contributed by atoms with Crippen molar-refractivity contribution in [3.63, 3.8) is 0 Å². The van der Waals surface area contributed by atoms with Crippen molar-refractivity contribution in [3.05, 3.63) is 44.9 Å². The van der Waals surface area contributed by atoms with Gasteiger partial charge in [0.15, 0.2) is 0 Å². The minimum absolute atomic E-state index is 0.255. The fraction of sp³-hybridized carbons (Fsp3) is 0.600. The summed E-state index contributed by atoms with van der Waals surface area (Å²) in [6.45, 7) is 7.19. The topological polar surface area (TPSA) is 66.6 Å². The molecule has 0 spiro atoms. The van der Waals surface area contributed by atoms with Crippen LogP contribution < -0.4 is 5.73 Å². The smallest absolute Gasteiger partial charge is 0.314 e. The third-order valence-corrected chi connectivity index (χ3v) is 7.96. The van der Waals surface area contributed by atoms with Crippen LogP contribution in [0.4, 0.5) is 4.79 Å². The van der Waals surface area contributed by atoms with Crippen molar-refractivity contribution in [2.45, 2.75) is 58.3 Å². The maximum atomic E-state index is 12.9. The molecule has 2 aliphatic rings. The van der Waals surface area contributed by atoms with Gasteiger partial charge in [0.25, 0.3) is 0 Å². The maximum absolute atomic E-state index is 12.9. The van der Waals surface area contributed by atoms with Crippen LogP contribution in [0.25, 0.3) is 0 Å². The summed E-state index contributed by atoms with van der Waals surface area (Å²) in [5, 5.41) is 0.763. The lowest BCUT2D eigenvalue weighted by atomic mass is 9.77. The summed E-state index contributed by atoms with van der Waals surface area (Å²) in [5.41, 5.74) is 7.98. The third-order valence-electron chi connectivity index (χ3n) is 7.08. The van der Waals surface area contributed by atoms with Gasteiger partial charge in [-0.1, -0.05) is 46.6 Å². The number of nitrogens with zero attached hydrogens (tertiary/aromatic N) is 2. The molecule has 0 radical (unpaired) electrons. The Morgan fingerprint density at radius 1 is 1.16 bits per heavy atom. The quantitative estimate of drug-likeness (QED) is 0.482. The van der Waals surface area contributed by atoms with E-state index in [2.05, 4.69) is 48.0 Å². The van der Waals surface area contributed by atoms with Gasteiger partial charge in [0, 0.05) is 48.0 Å². The molecule has 2 saturated heterocycles. The van der Waals surface area contributed by atoms with E-state index < -0.39 is 0 Å². The van der Waals surface area contributed by atoms with Crippen molar-refractivity contribution in [1.29, 1.82) is 0 Å². The van der Waals surface area contributed by atoms with Crippen LogP contribution in [0, 0.1) is 11.8 Å². The van der Waals surface area contributed by atoms with Gasteiger partial charge in [-0.3, -0.25) is 4.79 Å². The van der Waals surface area contributed by atoms with Crippen LogP contribution >= 0.6 is 27.5 Å². The number of benzene rings is 1. The van der Waals surface area contributed by atoms with E-state index in [-0.39, 0.29) is 11.9 Å². The number of rotatable bonds is 6. The van der Waals surface area contributed by atoms with Crippen LogP contribution in [-0.2, 0) is 11.2 Å². The summed E-state index contributed by atoms with van der Waals surface area (Å²) in [5.74, 6) is 1.42. The van der Waals surface area contributed by atoms with Crippen LogP contribution in [0.5, 0.6) is 0 Å². The Kier molecular flexibility index (Phi) is 9.06. The Balaban J connectivity index is 1.60. The highest BCUT2D eigenvalue weighted by Gasteiger charge is 2.31. The molecule has 1 atom stereocenters. The molecule has 3 rings (SSSR count). The second-order valence-electron chi connectivity index (χ2n) is 9.06. The number of carbonyl (C=O) groups excluding carboxylic acids is 2. The lowest BCUT2D eigenvalue weighted by Crippen LogP contribution is -2.44. The monoisotopic (exact) mass is 523 g/mol. The minimum Gasteiger partial charge on any atom is -0.351 e. The first-order valence-corrected chi connectivity index (χ1v) is 12.9. The highest BCUT2D eigenvalue weighted by Crippen LogP contribution is 2.41. The summed E-state index contributed by atoms with van der Waals surface area (Å²) in [6, 6.07) is 3.72. The number of nitrogens with two attached hydrogens (primary N) is 1. The summed E-state index contributed by atoms with van der Waals surface area (Å²) >= 11 is 10.1. The molecular formula is C25H35BrClN3O2. The van der Waals surface area contributed by atoms with Crippen molar-refractivity contribution >= 4 is 39.5 Å². The second-order valence-corrected chi connectivity index (χ2v) is 10.3. The number of aryl methyl sites for hydroxylation is 1. The van der Waals surface area contributed by atoms with E-state index in [1.54, 1.807) is 4.90 Å². The molecule has 1 aromatic carbocycles. The van der Waals surface area contributed by atoms with E-state index >= 15 is 0 Å². The molecule has 0 aromatic heterocycles. The molecule has 0 bridgehead atoms. The van der Waals surface area contributed by atoms with Gasteiger partial charge in [-0.2, -0.15) is 0 Å². The van der Waals surface area contributed by atoms with Crippen LogP contribution in [0.1, 0.15) is 63.0 Å². The molecule has 1 aromatic rings. The highest BCUT2D eigenvalue weighted by atomic mass is 79.9. The normalized spacial score (nSPS) is 19.5. The summed E-state index contributed by atoms with van der Waals surface area (Å²) in [6.07, 6.45) is 9.69. The van der Waals surface area contributed by atoms with Crippen molar-refractivity contribution in [2.75, 3.05) is 26.2 Å². The number of urea groups is 1. The maximum Gasteiger partial charge on any atom is 0.314 e. The lowest BCUT2D eigenvalue weighted by molar-refractivity contribution is -0.134. The van der Waals surface area contributed by atoms with Crippen molar-refractivity contribution in [1.82, 2.24) is 9.80 Å². The van der Waals surface area contributed by atoms with Crippen LogP contribution in [0.15, 0.2) is 28.8 Å². The molecule has 2 aliphatic heterocycles. The third kappa shape index (κ3) is 6.07. The first-order valence-electron chi connectivity index (χ1n) is 11.8. The number of halogens is 2. The SMILES string of the molecule is C/C=C/C(c1c(Br)cc(Cl)cc1CC)C1CCN(C(=O)CC2CCN(C(N)=O)CC2)CC1. The summed E-state index contributed by atoms with van der Waals surface area (Å²) < 4.78 is 1.07. The molecule has 5 nitrogen and oxygen atoms in total. The van der Waals surface area contributed by atoms with Crippen molar-refractivity contribution in [3.8, 4) is 0 Å². The van der Waals surface area contributed by atoms with Crippen LogP contribution in [0.3, 0.4) is 0 Å². The van der Waals surface area contributed by atoms with Gasteiger partial charge in [0.2, 0.25) is 5.91 Å². The van der Waals surface area contributed by atoms with E-state index in [1.165, 1.54) is 11.1 Å². The predicted octanol–water partition coefficient (Wildman–Crippen LogP) is 5.74. The summed E-state index contributed by atoms with van der Waals surface area (Å²) in [4.78, 5) is 27.9. The number of carbonyl (C=O) groups is 2. The van der Waals surface area contributed by atoms with Gasteiger partial charge in [-0.05, 0) is 74.1 Å². The molecule has 0 saturated carbocycles. The predicted molar refractivity (Wildman–Crippen MR) is 134 cm³/mol. The van der Waals surface area contributed by atoms with Gasteiger partial charge in [0.05, 0.1) is 0 Å². The highest BCUT2D eigenvalue weighted by molar-refractivity contribution is 9.10. The molecule has 7 heteroatoms. The number of hydrogen-bond donors (Lipinski definition) is 1. The standard InChI is InChI=1S/C25H35BrClN3O2/c1-3-5-21(24-18(4-2)15-20(27)16-22(24)26)19-8-12-29(13-9-19)23(31)14-17-6-10-30(11-7-17)25(28)32/h3,5,15-17,19,21H,4,6-14H2,1-2H3,(H2,28,32)/b5-3+. The van der Waals surface area contributed by atoms with Gasteiger partial charge in [-0.15, -0.1) is 0 Å². The Morgan fingerprint density at radius 3 is 2.34 bits per heavy atom. The molecule has 2 heterocycles. The number of likely N-dealkylation sites (tertiary alicyclic amines) is 2. The van der Waals surface area contributed by atoms with Gasteiger partial charge in [-0.25, -0.2) is 4.79 Å². The van der Waals surface area contributed by atoms with Gasteiger partial charge in [0.1, 0.15) is 0 Å². The van der Waals surface area contributed by atoms with E-state index in [1.807, 2.05) is 11.0 Å². The first-order chi connectivity index (χ1) is 15.3. The molecule has 32 heavy (non-hydrogen) atoms. The zero-order valence-corrected chi connectivity index (χ0v) is 21.5. The largest absolute Gasteiger partial charge is 0.351 e.